The number of rotatable bonds is 2. The highest BCUT2D eigenvalue weighted by atomic mass is 32.2. The summed E-state index contributed by atoms with van der Waals surface area (Å²) in [6.07, 6.45) is 1.29. The van der Waals surface area contributed by atoms with E-state index in [0.29, 0.717) is 6.42 Å². The summed E-state index contributed by atoms with van der Waals surface area (Å²) in [5, 5.41) is 11.5. The fourth-order valence-electron chi connectivity index (χ4n) is 1.70. The van der Waals surface area contributed by atoms with Crippen LogP contribution in [0.15, 0.2) is 23.1 Å². The first-order valence-electron chi connectivity index (χ1n) is 5.53. The Kier molecular flexibility index (Phi) is 3.12. The predicted octanol–water partition coefficient (Wildman–Crippen LogP) is 2.97. The normalized spacial score (nSPS) is 16.9. The van der Waals surface area contributed by atoms with Gasteiger partial charge in [-0.25, -0.2) is 0 Å². The SMILES string of the molecule is CC1(C)Sc2cc(CCC#N)ccc2NC1=O. The summed E-state index contributed by atoms with van der Waals surface area (Å²) < 4.78 is -0.430. The highest BCUT2D eigenvalue weighted by Gasteiger charge is 2.34. The molecule has 0 unspecified atom stereocenters. The summed E-state index contributed by atoms with van der Waals surface area (Å²) in [7, 11) is 0. The summed E-state index contributed by atoms with van der Waals surface area (Å²) in [5.74, 6) is 0.0415. The lowest BCUT2D eigenvalue weighted by Gasteiger charge is -2.30. The van der Waals surface area contributed by atoms with Gasteiger partial charge in [0.05, 0.1) is 16.5 Å². The van der Waals surface area contributed by atoms with Crippen LogP contribution in [-0.2, 0) is 11.2 Å². The van der Waals surface area contributed by atoms with E-state index in [1.807, 2.05) is 26.0 Å². The standard InChI is InChI=1S/C13H14N2OS/c1-13(2)12(16)15-10-6-5-9(4-3-7-14)8-11(10)17-13/h5-6,8H,3-4H2,1-2H3,(H,15,16). The molecule has 1 aliphatic heterocycles. The Bertz CT molecular complexity index is 503. The smallest absolute Gasteiger partial charge is 0.240 e. The fraction of sp³-hybridized carbons (Fsp3) is 0.385. The second-order valence-electron chi connectivity index (χ2n) is 4.56. The predicted molar refractivity (Wildman–Crippen MR) is 68.9 cm³/mol. The zero-order chi connectivity index (χ0) is 12.5. The quantitative estimate of drug-likeness (QED) is 0.872. The Hall–Kier alpha value is -1.47. The van der Waals surface area contributed by atoms with E-state index in [-0.39, 0.29) is 5.91 Å². The molecule has 0 saturated carbocycles. The molecule has 1 N–H and O–H groups in total. The fourth-order valence-corrected chi connectivity index (χ4v) is 2.84. The van der Waals surface area contributed by atoms with Gasteiger partial charge < -0.3 is 5.32 Å². The molecule has 1 amide bonds. The maximum absolute atomic E-state index is 11.8. The number of fused-ring (bicyclic) bond motifs is 1. The van der Waals surface area contributed by atoms with E-state index in [1.165, 1.54) is 0 Å². The van der Waals surface area contributed by atoms with Crippen LogP contribution in [0.3, 0.4) is 0 Å². The first kappa shape index (κ1) is 12.0. The molecule has 88 valence electrons. The van der Waals surface area contributed by atoms with E-state index in [4.69, 9.17) is 5.26 Å². The molecule has 0 saturated heterocycles. The van der Waals surface area contributed by atoms with Crippen molar-refractivity contribution < 1.29 is 4.79 Å². The number of carbonyl (C=O) groups is 1. The molecule has 2 rings (SSSR count). The number of hydrogen-bond acceptors (Lipinski definition) is 3. The number of hydrogen-bond donors (Lipinski definition) is 1. The first-order valence-corrected chi connectivity index (χ1v) is 6.35. The van der Waals surface area contributed by atoms with Crippen LogP contribution in [0.2, 0.25) is 0 Å². The third-order valence-electron chi connectivity index (χ3n) is 2.73. The van der Waals surface area contributed by atoms with Gasteiger partial charge in [-0.15, -0.1) is 11.8 Å². The number of nitrogens with one attached hydrogen (secondary N) is 1. The average Bonchev–Trinajstić information content (AvgIpc) is 2.27. The number of carbonyl (C=O) groups excluding carboxylic acids is 1. The molecular weight excluding hydrogens is 232 g/mol. The van der Waals surface area contributed by atoms with Crippen LogP contribution in [0.25, 0.3) is 0 Å². The summed E-state index contributed by atoms with van der Waals surface area (Å²) in [6, 6.07) is 8.10. The second-order valence-corrected chi connectivity index (χ2v) is 6.22. The molecule has 1 heterocycles. The lowest BCUT2D eigenvalue weighted by atomic mass is 10.1. The summed E-state index contributed by atoms with van der Waals surface area (Å²) >= 11 is 1.57. The van der Waals surface area contributed by atoms with Crippen LogP contribution in [0.4, 0.5) is 5.69 Å². The molecule has 1 aromatic rings. The van der Waals surface area contributed by atoms with Gasteiger partial charge in [-0.05, 0) is 38.0 Å². The molecule has 0 spiro atoms. The first-order chi connectivity index (χ1) is 8.03. The van der Waals surface area contributed by atoms with E-state index in [9.17, 15) is 4.79 Å². The Labute approximate surface area is 105 Å². The molecule has 0 atom stereocenters. The molecular formula is C13H14N2OS. The summed E-state index contributed by atoms with van der Waals surface area (Å²) in [4.78, 5) is 12.8. The Morgan fingerprint density at radius 3 is 2.94 bits per heavy atom. The molecule has 1 aromatic carbocycles. The highest BCUT2D eigenvalue weighted by molar-refractivity contribution is 8.01. The number of aryl methyl sites for hydroxylation is 1. The van der Waals surface area contributed by atoms with Crippen molar-refractivity contribution in [3.05, 3.63) is 23.8 Å². The number of thioether (sulfide) groups is 1. The van der Waals surface area contributed by atoms with Gasteiger partial charge in [0.15, 0.2) is 0 Å². The second kappa shape index (κ2) is 4.42. The zero-order valence-electron chi connectivity index (χ0n) is 9.91. The van der Waals surface area contributed by atoms with Crippen molar-refractivity contribution in [3.8, 4) is 6.07 Å². The Balaban J connectivity index is 2.28. The van der Waals surface area contributed by atoms with E-state index in [2.05, 4.69) is 17.5 Å². The monoisotopic (exact) mass is 246 g/mol. The lowest BCUT2D eigenvalue weighted by molar-refractivity contribution is -0.117. The van der Waals surface area contributed by atoms with Gasteiger partial charge in [0.25, 0.3) is 0 Å². The topological polar surface area (TPSA) is 52.9 Å². The molecule has 3 nitrogen and oxygen atoms in total. The van der Waals surface area contributed by atoms with Crippen LogP contribution < -0.4 is 5.32 Å². The third kappa shape index (κ3) is 2.45. The molecule has 4 heteroatoms. The van der Waals surface area contributed by atoms with Crippen molar-refractivity contribution in [1.29, 1.82) is 5.26 Å². The molecule has 0 aromatic heterocycles. The summed E-state index contributed by atoms with van der Waals surface area (Å²) in [5.41, 5.74) is 2.02. The van der Waals surface area contributed by atoms with Crippen LogP contribution in [-0.4, -0.2) is 10.7 Å². The molecule has 17 heavy (non-hydrogen) atoms. The van der Waals surface area contributed by atoms with Crippen LogP contribution in [0.1, 0.15) is 25.8 Å². The van der Waals surface area contributed by atoms with Gasteiger partial charge in [0.1, 0.15) is 0 Å². The van der Waals surface area contributed by atoms with Crippen molar-refractivity contribution >= 4 is 23.4 Å². The van der Waals surface area contributed by atoms with Crippen molar-refractivity contribution in [2.45, 2.75) is 36.3 Å². The van der Waals surface area contributed by atoms with Crippen molar-refractivity contribution in [2.24, 2.45) is 0 Å². The maximum Gasteiger partial charge on any atom is 0.240 e. The van der Waals surface area contributed by atoms with Crippen LogP contribution in [0, 0.1) is 11.3 Å². The minimum absolute atomic E-state index is 0.0415. The average molecular weight is 246 g/mol. The third-order valence-corrected chi connectivity index (χ3v) is 3.99. The van der Waals surface area contributed by atoms with Crippen molar-refractivity contribution in [2.75, 3.05) is 5.32 Å². The molecule has 1 aliphatic rings. The van der Waals surface area contributed by atoms with E-state index >= 15 is 0 Å². The Morgan fingerprint density at radius 2 is 2.24 bits per heavy atom. The molecule has 0 radical (unpaired) electrons. The Morgan fingerprint density at radius 1 is 1.47 bits per heavy atom. The number of nitriles is 1. The van der Waals surface area contributed by atoms with Crippen molar-refractivity contribution in [1.82, 2.24) is 0 Å². The molecule has 0 fully saturated rings. The van der Waals surface area contributed by atoms with Gasteiger partial charge in [0, 0.05) is 11.3 Å². The molecule has 0 aliphatic carbocycles. The van der Waals surface area contributed by atoms with E-state index < -0.39 is 4.75 Å². The number of benzene rings is 1. The van der Waals surface area contributed by atoms with Crippen LogP contribution >= 0.6 is 11.8 Å². The van der Waals surface area contributed by atoms with Crippen LogP contribution in [0.5, 0.6) is 0 Å². The van der Waals surface area contributed by atoms with Gasteiger partial charge in [-0.2, -0.15) is 5.26 Å². The number of nitrogens with zero attached hydrogens (tertiary/aromatic N) is 1. The minimum atomic E-state index is -0.430. The van der Waals surface area contributed by atoms with E-state index in [0.717, 1.165) is 22.6 Å². The van der Waals surface area contributed by atoms with Crippen molar-refractivity contribution in [3.63, 3.8) is 0 Å². The highest BCUT2D eigenvalue weighted by Crippen LogP contribution is 2.42. The van der Waals surface area contributed by atoms with Gasteiger partial charge >= 0.3 is 0 Å². The largest absolute Gasteiger partial charge is 0.324 e. The number of amides is 1. The van der Waals surface area contributed by atoms with E-state index in [1.54, 1.807) is 11.8 Å². The van der Waals surface area contributed by atoms with Gasteiger partial charge in [0.2, 0.25) is 5.91 Å². The number of anilines is 1. The maximum atomic E-state index is 11.8. The summed E-state index contributed by atoms with van der Waals surface area (Å²) in [6.45, 7) is 3.83. The van der Waals surface area contributed by atoms with Gasteiger partial charge in [-0.1, -0.05) is 6.07 Å². The molecule has 0 bridgehead atoms. The minimum Gasteiger partial charge on any atom is -0.324 e. The lowest BCUT2D eigenvalue weighted by Crippen LogP contribution is -2.37. The zero-order valence-corrected chi connectivity index (χ0v) is 10.7. The van der Waals surface area contributed by atoms with Gasteiger partial charge in [-0.3, -0.25) is 4.79 Å².